The van der Waals surface area contributed by atoms with Gasteiger partial charge >= 0.3 is 18.3 Å². The fourth-order valence-corrected chi connectivity index (χ4v) is 1.26. The Morgan fingerprint density at radius 1 is 1.10 bits per heavy atom. The van der Waals surface area contributed by atoms with Gasteiger partial charge in [-0.2, -0.15) is 26.3 Å². The second-order valence-electron chi connectivity index (χ2n) is 3.72. The van der Waals surface area contributed by atoms with Crippen LogP contribution in [0.1, 0.15) is 19.8 Å². The smallest absolute Gasteiger partial charge is 0.409 e. The Hall–Kier alpha value is -1.48. The maximum Gasteiger partial charge on any atom is 0.409 e. The molecule has 4 nitrogen and oxygen atoms in total. The van der Waals surface area contributed by atoms with E-state index in [1.165, 1.54) is 12.2 Å². The lowest BCUT2D eigenvalue weighted by Crippen LogP contribution is -2.48. The van der Waals surface area contributed by atoms with Crippen LogP contribution < -0.4 is 5.32 Å². The highest BCUT2D eigenvalue weighted by Gasteiger charge is 2.60. The molecule has 0 aliphatic carbocycles. The standard InChI is InChI=1S/C10H13F6NO3/c1-2-20-6(18)4-3-5-17-8(19)7(9(11,12)13)10(14,15)16/h7H,2-5H2,1H3,(H,17,19). The molecule has 10 heteroatoms. The third-order valence-corrected chi connectivity index (χ3v) is 2.08. The van der Waals surface area contributed by atoms with Gasteiger partial charge in [0.25, 0.3) is 0 Å². The van der Waals surface area contributed by atoms with Crippen LogP contribution in [0.25, 0.3) is 0 Å². The fourth-order valence-electron chi connectivity index (χ4n) is 1.26. The van der Waals surface area contributed by atoms with Crippen LogP contribution in [0, 0.1) is 5.92 Å². The number of nitrogens with one attached hydrogen (secondary N) is 1. The molecular formula is C10H13F6NO3. The number of esters is 1. The molecule has 1 amide bonds. The van der Waals surface area contributed by atoms with Gasteiger partial charge in [-0.05, 0) is 13.3 Å². The van der Waals surface area contributed by atoms with Crippen LogP contribution in [0.15, 0.2) is 0 Å². The van der Waals surface area contributed by atoms with E-state index in [9.17, 15) is 35.9 Å². The zero-order chi connectivity index (χ0) is 16.0. The quantitative estimate of drug-likeness (QED) is 0.465. The Bertz CT molecular complexity index is 325. The van der Waals surface area contributed by atoms with Crippen molar-refractivity contribution in [2.75, 3.05) is 13.2 Å². The molecule has 0 heterocycles. The zero-order valence-electron chi connectivity index (χ0n) is 10.4. The van der Waals surface area contributed by atoms with Crippen molar-refractivity contribution in [3.63, 3.8) is 0 Å². The summed E-state index contributed by atoms with van der Waals surface area (Å²) >= 11 is 0. The van der Waals surface area contributed by atoms with Gasteiger partial charge in [0.1, 0.15) is 0 Å². The Morgan fingerprint density at radius 3 is 2.00 bits per heavy atom. The number of amides is 1. The van der Waals surface area contributed by atoms with Gasteiger partial charge in [-0.3, -0.25) is 9.59 Å². The van der Waals surface area contributed by atoms with Crippen molar-refractivity contribution in [2.24, 2.45) is 5.92 Å². The fraction of sp³-hybridized carbons (Fsp3) is 0.800. The van der Waals surface area contributed by atoms with Crippen molar-refractivity contribution < 1.29 is 40.7 Å². The molecule has 0 saturated heterocycles. The van der Waals surface area contributed by atoms with Crippen molar-refractivity contribution in [3.05, 3.63) is 0 Å². The van der Waals surface area contributed by atoms with E-state index in [0.29, 0.717) is 0 Å². The maximum absolute atomic E-state index is 12.1. The minimum absolute atomic E-state index is 0.107. The molecule has 0 rings (SSSR count). The summed E-state index contributed by atoms with van der Waals surface area (Å²) < 4.78 is 77.4. The van der Waals surface area contributed by atoms with E-state index in [-0.39, 0.29) is 19.4 Å². The highest BCUT2D eigenvalue weighted by atomic mass is 19.4. The molecule has 0 aliphatic rings. The molecule has 0 aromatic carbocycles. The molecule has 1 N–H and O–H groups in total. The monoisotopic (exact) mass is 309 g/mol. The number of alkyl halides is 6. The predicted octanol–water partition coefficient (Wildman–Crippen LogP) is 2.19. The molecule has 0 bridgehead atoms. The summed E-state index contributed by atoms with van der Waals surface area (Å²) in [6, 6.07) is 0. The number of carbonyl (C=O) groups is 2. The van der Waals surface area contributed by atoms with Crippen LogP contribution >= 0.6 is 0 Å². The average Bonchev–Trinajstić information content (AvgIpc) is 2.20. The Kier molecular flexibility index (Phi) is 6.80. The van der Waals surface area contributed by atoms with Crippen LogP contribution in [0.3, 0.4) is 0 Å². The first-order valence-corrected chi connectivity index (χ1v) is 5.57. The van der Waals surface area contributed by atoms with Crippen molar-refractivity contribution in [3.8, 4) is 0 Å². The van der Waals surface area contributed by atoms with Crippen LogP contribution in [-0.2, 0) is 14.3 Å². The van der Waals surface area contributed by atoms with Crippen molar-refractivity contribution in [1.82, 2.24) is 5.32 Å². The van der Waals surface area contributed by atoms with E-state index >= 15 is 0 Å². The van der Waals surface area contributed by atoms with Crippen molar-refractivity contribution >= 4 is 11.9 Å². The molecule has 0 unspecified atom stereocenters. The number of hydrogen-bond acceptors (Lipinski definition) is 3. The number of halogens is 6. The number of ether oxygens (including phenoxy) is 1. The number of carbonyl (C=O) groups excluding carboxylic acids is 2. The molecule has 0 spiro atoms. The average molecular weight is 309 g/mol. The third-order valence-electron chi connectivity index (χ3n) is 2.08. The van der Waals surface area contributed by atoms with E-state index in [0.717, 1.165) is 0 Å². The SMILES string of the molecule is CCOC(=O)CCCNC(=O)C(C(F)(F)F)C(F)(F)F. The number of hydrogen-bond donors (Lipinski definition) is 1. The van der Waals surface area contributed by atoms with Gasteiger partial charge in [0.05, 0.1) is 6.61 Å². The molecule has 0 aromatic heterocycles. The highest BCUT2D eigenvalue weighted by Crippen LogP contribution is 2.39. The molecule has 0 atom stereocenters. The maximum atomic E-state index is 12.1. The van der Waals surface area contributed by atoms with Gasteiger partial charge in [-0.15, -0.1) is 0 Å². The van der Waals surface area contributed by atoms with Crippen LogP contribution in [0.2, 0.25) is 0 Å². The second-order valence-corrected chi connectivity index (χ2v) is 3.72. The van der Waals surface area contributed by atoms with Gasteiger partial charge in [0.2, 0.25) is 11.8 Å². The lowest BCUT2D eigenvalue weighted by molar-refractivity contribution is -0.274. The molecule has 0 fully saturated rings. The lowest BCUT2D eigenvalue weighted by Gasteiger charge is -2.21. The van der Waals surface area contributed by atoms with Gasteiger partial charge in [-0.25, -0.2) is 0 Å². The summed E-state index contributed by atoms with van der Waals surface area (Å²) in [5, 5.41) is 1.51. The topological polar surface area (TPSA) is 55.4 Å². The first kappa shape index (κ1) is 18.5. The first-order valence-electron chi connectivity index (χ1n) is 5.57. The van der Waals surface area contributed by atoms with Crippen molar-refractivity contribution in [2.45, 2.75) is 32.1 Å². The molecule has 0 aromatic rings. The van der Waals surface area contributed by atoms with Crippen LogP contribution in [0.5, 0.6) is 0 Å². The van der Waals surface area contributed by atoms with Crippen molar-refractivity contribution in [1.29, 1.82) is 0 Å². The van der Waals surface area contributed by atoms with E-state index in [1.807, 2.05) is 0 Å². The lowest BCUT2D eigenvalue weighted by atomic mass is 10.1. The predicted molar refractivity (Wildman–Crippen MR) is 54.5 cm³/mol. The molecular weight excluding hydrogens is 296 g/mol. The Balaban J connectivity index is 4.34. The van der Waals surface area contributed by atoms with Gasteiger partial charge < -0.3 is 10.1 Å². The highest BCUT2D eigenvalue weighted by molar-refractivity contribution is 5.80. The third kappa shape index (κ3) is 6.62. The van der Waals surface area contributed by atoms with Gasteiger partial charge in [-0.1, -0.05) is 0 Å². The minimum Gasteiger partial charge on any atom is -0.466 e. The summed E-state index contributed by atoms with van der Waals surface area (Å²) in [5.74, 6) is -6.91. The minimum atomic E-state index is -5.72. The molecule has 0 aliphatic heterocycles. The summed E-state index contributed by atoms with van der Waals surface area (Å²) in [6.07, 6.45) is -11.8. The summed E-state index contributed by atoms with van der Waals surface area (Å²) in [7, 11) is 0. The zero-order valence-corrected chi connectivity index (χ0v) is 10.4. The molecule has 0 saturated carbocycles. The summed E-state index contributed by atoms with van der Waals surface area (Å²) in [4.78, 5) is 21.8. The van der Waals surface area contributed by atoms with Gasteiger partial charge in [0.15, 0.2) is 0 Å². The molecule has 0 radical (unpaired) electrons. The number of rotatable bonds is 6. The molecule has 118 valence electrons. The Morgan fingerprint density at radius 2 is 1.60 bits per heavy atom. The molecule has 20 heavy (non-hydrogen) atoms. The normalized spacial score (nSPS) is 12.4. The van der Waals surface area contributed by atoms with E-state index in [4.69, 9.17) is 0 Å². The van der Waals surface area contributed by atoms with Crippen LogP contribution in [-0.4, -0.2) is 37.4 Å². The second kappa shape index (κ2) is 7.34. The van der Waals surface area contributed by atoms with E-state index < -0.39 is 36.7 Å². The first-order chi connectivity index (χ1) is 9.00. The van der Waals surface area contributed by atoms with Gasteiger partial charge in [0, 0.05) is 13.0 Å². The van der Waals surface area contributed by atoms with E-state index in [1.54, 1.807) is 0 Å². The Labute approximate surface area is 110 Å². The summed E-state index contributed by atoms with van der Waals surface area (Å²) in [5.41, 5.74) is 0. The summed E-state index contributed by atoms with van der Waals surface area (Å²) in [6.45, 7) is 1.16. The largest absolute Gasteiger partial charge is 0.466 e. The van der Waals surface area contributed by atoms with E-state index in [2.05, 4.69) is 4.74 Å². The van der Waals surface area contributed by atoms with Crippen LogP contribution in [0.4, 0.5) is 26.3 Å².